The average Bonchev–Trinajstić information content (AvgIpc) is 3.26. The zero-order chi connectivity index (χ0) is 23.2. The highest BCUT2D eigenvalue weighted by molar-refractivity contribution is 7.90. The number of amidine groups is 1. The van der Waals surface area contributed by atoms with E-state index in [-0.39, 0.29) is 10.8 Å². The molecule has 0 fully saturated rings. The molecule has 0 bridgehead atoms. The van der Waals surface area contributed by atoms with Crippen molar-refractivity contribution in [3.63, 3.8) is 0 Å². The van der Waals surface area contributed by atoms with Gasteiger partial charge in [0.15, 0.2) is 0 Å². The molecule has 2 aliphatic heterocycles. The molecule has 0 radical (unpaired) electrons. The van der Waals surface area contributed by atoms with E-state index in [1.165, 1.54) is 12.3 Å². The van der Waals surface area contributed by atoms with Gasteiger partial charge >= 0.3 is 0 Å². The maximum Gasteiger partial charge on any atom is 0.148 e. The van der Waals surface area contributed by atoms with Crippen molar-refractivity contribution in [1.82, 2.24) is 10.2 Å². The summed E-state index contributed by atoms with van der Waals surface area (Å²) in [7, 11) is -3.00. The summed E-state index contributed by atoms with van der Waals surface area (Å²) in [4.78, 5) is 11.1. The van der Waals surface area contributed by atoms with Gasteiger partial charge in [0.1, 0.15) is 33.0 Å². The largest absolute Gasteiger partial charge is 0.460 e. The lowest BCUT2D eigenvalue weighted by molar-refractivity contribution is 0.497. The van der Waals surface area contributed by atoms with Gasteiger partial charge in [0.05, 0.1) is 41.6 Å². The van der Waals surface area contributed by atoms with Crippen LogP contribution in [0, 0.1) is 5.82 Å². The van der Waals surface area contributed by atoms with Crippen molar-refractivity contribution in [2.45, 2.75) is 13.1 Å². The minimum absolute atomic E-state index is 0.0749. The molecule has 0 saturated carbocycles. The molecular formula is C23H20ClFN4O3S. The number of hydrogen-bond acceptors (Lipinski definition) is 7. The lowest BCUT2D eigenvalue weighted by Crippen LogP contribution is -2.34. The van der Waals surface area contributed by atoms with E-state index in [0.717, 1.165) is 16.8 Å². The van der Waals surface area contributed by atoms with E-state index < -0.39 is 15.7 Å². The molecule has 0 aliphatic carbocycles. The summed E-state index contributed by atoms with van der Waals surface area (Å²) < 4.78 is 42.3. The predicted molar refractivity (Wildman–Crippen MR) is 127 cm³/mol. The third-order valence-electron chi connectivity index (χ3n) is 5.47. The molecule has 5 rings (SSSR count). The topological polar surface area (TPSA) is 87.3 Å². The highest BCUT2D eigenvalue weighted by Crippen LogP contribution is 2.38. The Kier molecular flexibility index (Phi) is 5.55. The normalized spacial score (nSPS) is 14.5. The minimum atomic E-state index is -3.00. The van der Waals surface area contributed by atoms with Crippen LogP contribution >= 0.6 is 11.6 Å². The van der Waals surface area contributed by atoms with Gasteiger partial charge in [-0.3, -0.25) is 0 Å². The van der Waals surface area contributed by atoms with Crippen molar-refractivity contribution in [3.8, 4) is 11.3 Å². The fraction of sp³-hybridized carbons (Fsp3) is 0.217. The highest BCUT2D eigenvalue weighted by Gasteiger charge is 2.27. The average molecular weight is 487 g/mol. The first-order chi connectivity index (χ1) is 15.8. The lowest BCUT2D eigenvalue weighted by atomic mass is 10.0. The van der Waals surface area contributed by atoms with Crippen LogP contribution < -0.4 is 5.32 Å². The zero-order valence-electron chi connectivity index (χ0n) is 17.7. The van der Waals surface area contributed by atoms with E-state index in [1.54, 1.807) is 12.4 Å². The molecule has 3 aromatic rings. The smallest absolute Gasteiger partial charge is 0.148 e. The van der Waals surface area contributed by atoms with Crippen LogP contribution in [0.1, 0.15) is 16.9 Å². The Morgan fingerprint density at radius 3 is 2.82 bits per heavy atom. The molecule has 170 valence electrons. The van der Waals surface area contributed by atoms with Gasteiger partial charge in [-0.2, -0.15) is 0 Å². The lowest BCUT2D eigenvalue weighted by Gasteiger charge is -2.30. The van der Waals surface area contributed by atoms with Gasteiger partial charge in [-0.1, -0.05) is 11.6 Å². The van der Waals surface area contributed by atoms with Crippen LogP contribution in [-0.2, 0) is 22.9 Å². The van der Waals surface area contributed by atoms with E-state index in [4.69, 9.17) is 21.0 Å². The molecular weight excluding hydrogens is 467 g/mol. The molecule has 1 aromatic heterocycles. The Bertz CT molecular complexity index is 1420. The minimum Gasteiger partial charge on any atom is -0.460 e. The monoisotopic (exact) mass is 486 g/mol. The molecule has 2 aromatic carbocycles. The number of furan rings is 1. The van der Waals surface area contributed by atoms with Crippen LogP contribution in [-0.4, -0.2) is 44.0 Å². The number of halogens is 2. The summed E-state index contributed by atoms with van der Waals surface area (Å²) in [6.07, 6.45) is 2.89. The summed E-state index contributed by atoms with van der Waals surface area (Å²) in [6.45, 7) is 1.16. The predicted octanol–water partition coefficient (Wildman–Crippen LogP) is 4.44. The highest BCUT2D eigenvalue weighted by atomic mass is 35.5. The van der Waals surface area contributed by atoms with Gasteiger partial charge in [0, 0.05) is 29.5 Å². The molecule has 3 heterocycles. The molecule has 0 saturated heterocycles. The second-order valence-electron chi connectivity index (χ2n) is 7.97. The van der Waals surface area contributed by atoms with Gasteiger partial charge < -0.3 is 14.6 Å². The van der Waals surface area contributed by atoms with Crippen LogP contribution in [0.3, 0.4) is 0 Å². The first kappa shape index (κ1) is 21.8. The molecule has 0 amide bonds. The SMILES string of the molecule is CS(=O)(=O)CCNCc1ccc(-c2ccc3c(c2)C2=Nc4ccc(F)c(Cl)c4CN2C=N3)o1. The number of benzene rings is 2. The summed E-state index contributed by atoms with van der Waals surface area (Å²) in [5.41, 5.74) is 3.74. The third kappa shape index (κ3) is 4.44. The third-order valence-corrected chi connectivity index (χ3v) is 6.82. The summed E-state index contributed by atoms with van der Waals surface area (Å²) in [6, 6.07) is 12.5. The number of rotatable bonds is 6. The number of nitrogens with zero attached hydrogens (tertiary/aromatic N) is 3. The molecule has 1 N–H and O–H groups in total. The van der Waals surface area contributed by atoms with Gasteiger partial charge in [-0.05, 0) is 42.5 Å². The van der Waals surface area contributed by atoms with E-state index in [0.29, 0.717) is 48.2 Å². The Labute approximate surface area is 195 Å². The van der Waals surface area contributed by atoms with Crippen molar-refractivity contribution in [3.05, 3.63) is 70.2 Å². The molecule has 0 atom stereocenters. The number of fused-ring (bicyclic) bond motifs is 4. The molecule has 0 spiro atoms. The van der Waals surface area contributed by atoms with Gasteiger partial charge in [-0.25, -0.2) is 22.8 Å². The quantitative estimate of drug-likeness (QED) is 0.520. The van der Waals surface area contributed by atoms with E-state index in [2.05, 4.69) is 10.3 Å². The van der Waals surface area contributed by atoms with E-state index >= 15 is 0 Å². The maximum atomic E-state index is 13.9. The molecule has 0 unspecified atom stereocenters. The van der Waals surface area contributed by atoms with Gasteiger partial charge in [0.2, 0.25) is 0 Å². The fourth-order valence-corrected chi connectivity index (χ4v) is 4.52. The van der Waals surface area contributed by atoms with Crippen LogP contribution in [0.4, 0.5) is 15.8 Å². The number of hydrogen-bond donors (Lipinski definition) is 1. The molecule has 33 heavy (non-hydrogen) atoms. The summed E-state index contributed by atoms with van der Waals surface area (Å²) in [5.74, 6) is 1.71. The second kappa shape index (κ2) is 8.40. The molecule has 10 heteroatoms. The summed E-state index contributed by atoms with van der Waals surface area (Å²) >= 11 is 6.16. The Morgan fingerprint density at radius 2 is 2.00 bits per heavy atom. The van der Waals surface area contributed by atoms with Crippen LogP contribution in [0.5, 0.6) is 0 Å². The number of aliphatic imine (C=N–C) groups is 2. The van der Waals surface area contributed by atoms with Crippen molar-refractivity contribution in [2.75, 3.05) is 18.6 Å². The van der Waals surface area contributed by atoms with Crippen LogP contribution in [0.2, 0.25) is 5.02 Å². The Balaban J connectivity index is 1.41. The first-order valence-electron chi connectivity index (χ1n) is 10.3. The Morgan fingerprint density at radius 1 is 1.18 bits per heavy atom. The Hall–Kier alpha value is -3.01. The zero-order valence-corrected chi connectivity index (χ0v) is 19.3. The van der Waals surface area contributed by atoms with E-state index in [1.807, 2.05) is 35.2 Å². The second-order valence-corrected chi connectivity index (χ2v) is 10.6. The first-order valence-corrected chi connectivity index (χ1v) is 12.7. The fourth-order valence-electron chi connectivity index (χ4n) is 3.78. The summed E-state index contributed by atoms with van der Waals surface area (Å²) in [5, 5.41) is 3.15. The van der Waals surface area contributed by atoms with Gasteiger partial charge in [-0.15, -0.1) is 0 Å². The van der Waals surface area contributed by atoms with Crippen LogP contribution in [0.15, 0.2) is 56.9 Å². The maximum absolute atomic E-state index is 13.9. The van der Waals surface area contributed by atoms with Gasteiger partial charge in [0.25, 0.3) is 0 Å². The standard InChI is InChI=1S/C23H20ClFN4O3S/c1-33(30,31)9-8-26-11-15-3-7-21(32-15)14-2-5-19-16(10-14)23-28-20-6-4-18(25)22(24)17(20)12-29(23)13-27-19/h2-7,10,13,26H,8-9,11-12H2,1H3. The number of sulfone groups is 1. The van der Waals surface area contributed by atoms with Crippen LogP contribution in [0.25, 0.3) is 11.3 Å². The van der Waals surface area contributed by atoms with E-state index in [9.17, 15) is 12.8 Å². The molecule has 2 aliphatic rings. The van der Waals surface area contributed by atoms with Crippen molar-refractivity contribution in [1.29, 1.82) is 0 Å². The number of nitrogens with one attached hydrogen (secondary N) is 1. The van der Waals surface area contributed by atoms with Crippen molar-refractivity contribution < 1.29 is 17.2 Å². The molecule has 7 nitrogen and oxygen atoms in total. The van der Waals surface area contributed by atoms with Crippen molar-refractivity contribution >= 4 is 45.0 Å². The van der Waals surface area contributed by atoms with Crippen molar-refractivity contribution in [2.24, 2.45) is 9.98 Å².